The standard InChI is InChI=1S/C15H20F2N2O2/c16-12-5-2-6-13(17)15(12)19-14(21)9-18-8-10-3-1-4-11(20)7-10/h2,5-6,10-11,18,20H,1,3-4,7-9H2,(H,19,21). The third-order valence-corrected chi connectivity index (χ3v) is 3.70. The van der Waals surface area contributed by atoms with Gasteiger partial charge >= 0.3 is 0 Å². The van der Waals surface area contributed by atoms with Gasteiger partial charge in [-0.1, -0.05) is 12.5 Å². The molecule has 0 radical (unpaired) electrons. The number of aliphatic hydroxyl groups excluding tert-OH is 1. The molecular weight excluding hydrogens is 278 g/mol. The van der Waals surface area contributed by atoms with Crippen molar-refractivity contribution in [1.29, 1.82) is 0 Å². The lowest BCUT2D eigenvalue weighted by Gasteiger charge is -2.25. The van der Waals surface area contributed by atoms with Crippen LogP contribution in [0.15, 0.2) is 18.2 Å². The van der Waals surface area contributed by atoms with Gasteiger partial charge in [-0.3, -0.25) is 4.79 Å². The molecule has 1 aliphatic carbocycles. The van der Waals surface area contributed by atoms with E-state index in [1.165, 1.54) is 6.07 Å². The molecule has 116 valence electrons. The predicted octanol–water partition coefficient (Wildman–Crippen LogP) is 2.04. The van der Waals surface area contributed by atoms with E-state index >= 15 is 0 Å². The van der Waals surface area contributed by atoms with E-state index < -0.39 is 23.2 Å². The number of hydrogen-bond acceptors (Lipinski definition) is 3. The maximum absolute atomic E-state index is 13.4. The molecule has 4 nitrogen and oxygen atoms in total. The average Bonchev–Trinajstić information content (AvgIpc) is 2.43. The first-order valence-electron chi connectivity index (χ1n) is 7.19. The van der Waals surface area contributed by atoms with Crippen LogP contribution in [0.4, 0.5) is 14.5 Å². The van der Waals surface area contributed by atoms with E-state index in [1.807, 2.05) is 0 Å². The van der Waals surface area contributed by atoms with Crippen molar-refractivity contribution >= 4 is 11.6 Å². The maximum Gasteiger partial charge on any atom is 0.238 e. The van der Waals surface area contributed by atoms with Crippen LogP contribution in [0.3, 0.4) is 0 Å². The van der Waals surface area contributed by atoms with E-state index in [9.17, 15) is 18.7 Å². The summed E-state index contributed by atoms with van der Waals surface area (Å²) in [4.78, 5) is 11.7. The second-order valence-corrected chi connectivity index (χ2v) is 5.46. The monoisotopic (exact) mass is 298 g/mol. The number of carbonyl (C=O) groups excluding carboxylic acids is 1. The zero-order chi connectivity index (χ0) is 15.2. The van der Waals surface area contributed by atoms with Gasteiger partial charge in [0.05, 0.1) is 12.6 Å². The molecule has 6 heteroatoms. The van der Waals surface area contributed by atoms with Gasteiger partial charge in [-0.05, 0) is 43.9 Å². The van der Waals surface area contributed by atoms with Crippen molar-refractivity contribution in [3.05, 3.63) is 29.8 Å². The van der Waals surface area contributed by atoms with E-state index in [-0.39, 0.29) is 12.6 Å². The summed E-state index contributed by atoms with van der Waals surface area (Å²) in [6.07, 6.45) is 3.32. The number of hydrogen-bond donors (Lipinski definition) is 3. The summed E-state index contributed by atoms with van der Waals surface area (Å²) in [5.41, 5.74) is -0.419. The van der Waals surface area contributed by atoms with Gasteiger partial charge in [-0.2, -0.15) is 0 Å². The number of carbonyl (C=O) groups is 1. The maximum atomic E-state index is 13.4. The Balaban J connectivity index is 1.75. The van der Waals surface area contributed by atoms with Gasteiger partial charge in [-0.15, -0.1) is 0 Å². The Hall–Kier alpha value is -1.53. The fourth-order valence-electron chi connectivity index (χ4n) is 2.64. The highest BCUT2D eigenvalue weighted by atomic mass is 19.1. The van der Waals surface area contributed by atoms with Crippen LogP contribution in [0.1, 0.15) is 25.7 Å². The first kappa shape index (κ1) is 15.9. The first-order chi connectivity index (χ1) is 10.1. The molecule has 2 rings (SSSR count). The van der Waals surface area contributed by atoms with Crippen LogP contribution in [0.5, 0.6) is 0 Å². The van der Waals surface area contributed by atoms with Crippen LogP contribution >= 0.6 is 0 Å². The summed E-state index contributed by atoms with van der Waals surface area (Å²) in [6, 6.07) is 3.43. The van der Waals surface area contributed by atoms with Crippen LogP contribution in [-0.4, -0.2) is 30.2 Å². The first-order valence-corrected chi connectivity index (χ1v) is 7.19. The van der Waals surface area contributed by atoms with Crippen molar-refractivity contribution in [3.63, 3.8) is 0 Å². The van der Waals surface area contributed by atoms with E-state index in [2.05, 4.69) is 10.6 Å². The molecule has 0 spiro atoms. The summed E-state index contributed by atoms with van der Waals surface area (Å²) in [6.45, 7) is 0.602. The second-order valence-electron chi connectivity index (χ2n) is 5.46. The summed E-state index contributed by atoms with van der Waals surface area (Å²) in [5, 5.41) is 14.7. The molecule has 21 heavy (non-hydrogen) atoms. The Morgan fingerprint density at radius 1 is 1.29 bits per heavy atom. The Morgan fingerprint density at radius 3 is 2.67 bits per heavy atom. The minimum Gasteiger partial charge on any atom is -0.393 e. The van der Waals surface area contributed by atoms with E-state index in [4.69, 9.17) is 0 Å². The molecule has 3 N–H and O–H groups in total. The van der Waals surface area contributed by atoms with Crippen molar-refractivity contribution in [2.75, 3.05) is 18.4 Å². The van der Waals surface area contributed by atoms with Gasteiger partial charge in [-0.25, -0.2) is 8.78 Å². The molecule has 0 heterocycles. The Morgan fingerprint density at radius 2 is 2.00 bits per heavy atom. The SMILES string of the molecule is O=C(CNCC1CCCC(O)C1)Nc1c(F)cccc1F. The highest BCUT2D eigenvalue weighted by molar-refractivity contribution is 5.92. The molecule has 1 saturated carbocycles. The third kappa shape index (κ3) is 4.75. The van der Waals surface area contributed by atoms with Crippen molar-refractivity contribution in [2.24, 2.45) is 5.92 Å². The van der Waals surface area contributed by atoms with Crippen LogP contribution in [0, 0.1) is 17.6 Å². The number of benzene rings is 1. The number of halogens is 2. The molecule has 1 aromatic carbocycles. The number of rotatable bonds is 5. The number of nitrogens with one attached hydrogen (secondary N) is 2. The Kier molecular flexibility index (Phi) is 5.64. The van der Waals surface area contributed by atoms with Crippen molar-refractivity contribution < 1.29 is 18.7 Å². The quantitative estimate of drug-likeness (QED) is 0.779. The van der Waals surface area contributed by atoms with Crippen molar-refractivity contribution in [1.82, 2.24) is 5.32 Å². The molecule has 1 aliphatic rings. The lowest BCUT2D eigenvalue weighted by molar-refractivity contribution is -0.115. The molecule has 0 bridgehead atoms. The van der Waals surface area contributed by atoms with Crippen molar-refractivity contribution in [2.45, 2.75) is 31.8 Å². The number of amides is 1. The predicted molar refractivity (Wildman–Crippen MR) is 75.8 cm³/mol. The Bertz CT molecular complexity index is 476. The van der Waals surface area contributed by atoms with Gasteiger partial charge in [0.25, 0.3) is 0 Å². The minimum absolute atomic E-state index is 0.0135. The second kappa shape index (κ2) is 7.47. The zero-order valence-corrected chi connectivity index (χ0v) is 11.7. The molecule has 0 saturated heterocycles. The summed E-state index contributed by atoms with van der Waals surface area (Å²) in [7, 11) is 0. The van der Waals surface area contributed by atoms with E-state index in [1.54, 1.807) is 0 Å². The molecule has 1 amide bonds. The lowest BCUT2D eigenvalue weighted by atomic mass is 9.87. The van der Waals surface area contributed by atoms with Gasteiger partial charge < -0.3 is 15.7 Å². The summed E-state index contributed by atoms with van der Waals surface area (Å²) >= 11 is 0. The molecular formula is C15H20F2N2O2. The average molecular weight is 298 g/mol. The van der Waals surface area contributed by atoms with Crippen LogP contribution in [-0.2, 0) is 4.79 Å². The van der Waals surface area contributed by atoms with Crippen LogP contribution < -0.4 is 10.6 Å². The summed E-state index contributed by atoms with van der Waals surface area (Å²) < 4.78 is 26.7. The van der Waals surface area contributed by atoms with Gasteiger partial charge in [0, 0.05) is 0 Å². The molecule has 0 aromatic heterocycles. The highest BCUT2D eigenvalue weighted by Crippen LogP contribution is 2.23. The lowest BCUT2D eigenvalue weighted by Crippen LogP contribution is -2.34. The number of aliphatic hydroxyl groups is 1. The van der Waals surface area contributed by atoms with Crippen molar-refractivity contribution in [3.8, 4) is 0 Å². The Labute approximate surface area is 122 Å². The normalized spacial score (nSPS) is 22.0. The number of para-hydroxylation sites is 1. The fraction of sp³-hybridized carbons (Fsp3) is 0.533. The minimum atomic E-state index is -0.793. The van der Waals surface area contributed by atoms with Gasteiger partial charge in [0.1, 0.15) is 17.3 Å². The largest absolute Gasteiger partial charge is 0.393 e. The van der Waals surface area contributed by atoms with Gasteiger partial charge in [0.2, 0.25) is 5.91 Å². The molecule has 0 aliphatic heterocycles. The third-order valence-electron chi connectivity index (χ3n) is 3.70. The number of anilines is 1. The molecule has 2 unspecified atom stereocenters. The molecule has 2 atom stereocenters. The van der Waals surface area contributed by atoms with E-state index in [0.29, 0.717) is 12.5 Å². The zero-order valence-electron chi connectivity index (χ0n) is 11.7. The van der Waals surface area contributed by atoms with Gasteiger partial charge in [0.15, 0.2) is 0 Å². The summed E-state index contributed by atoms with van der Waals surface area (Å²) in [5.74, 6) is -1.74. The molecule has 1 aromatic rings. The highest BCUT2D eigenvalue weighted by Gasteiger charge is 2.20. The smallest absolute Gasteiger partial charge is 0.238 e. The fourth-order valence-corrected chi connectivity index (χ4v) is 2.64. The van der Waals surface area contributed by atoms with Crippen LogP contribution in [0.25, 0.3) is 0 Å². The molecule has 1 fully saturated rings. The van der Waals surface area contributed by atoms with E-state index in [0.717, 1.165) is 37.8 Å². The topological polar surface area (TPSA) is 61.4 Å². The van der Waals surface area contributed by atoms with Crippen LogP contribution in [0.2, 0.25) is 0 Å².